The van der Waals surface area contributed by atoms with E-state index in [9.17, 15) is 9.59 Å². The molecule has 2 N–H and O–H groups in total. The fraction of sp³-hybridized carbons (Fsp3) is 0.105. The Morgan fingerprint density at radius 1 is 1.04 bits per heavy atom. The molecule has 0 bridgehead atoms. The van der Waals surface area contributed by atoms with Crippen LogP contribution < -0.4 is 10.6 Å². The van der Waals surface area contributed by atoms with Gasteiger partial charge in [-0.25, -0.2) is 4.68 Å². The molecule has 0 saturated carbocycles. The summed E-state index contributed by atoms with van der Waals surface area (Å²) in [5, 5.41) is 9.66. The van der Waals surface area contributed by atoms with E-state index in [0.29, 0.717) is 16.9 Å². The number of methoxy groups -OCH3 is 1. The lowest BCUT2D eigenvalue weighted by Crippen LogP contribution is -2.17. The molecule has 0 aliphatic carbocycles. The number of nitrogens with zero attached hydrogens (tertiary/aromatic N) is 2. The third-order valence-electron chi connectivity index (χ3n) is 3.58. The van der Waals surface area contributed by atoms with Crippen molar-refractivity contribution in [2.24, 2.45) is 0 Å². The summed E-state index contributed by atoms with van der Waals surface area (Å²) in [5.41, 5.74) is 2.56. The first-order valence-electron chi connectivity index (χ1n) is 7.96. The van der Waals surface area contributed by atoms with Crippen molar-refractivity contribution in [2.75, 3.05) is 24.4 Å². The van der Waals surface area contributed by atoms with Crippen molar-refractivity contribution >= 4 is 23.2 Å². The molecule has 26 heavy (non-hydrogen) atoms. The maximum Gasteiger partial charge on any atom is 0.255 e. The van der Waals surface area contributed by atoms with Crippen molar-refractivity contribution in [3.05, 3.63) is 72.6 Å². The van der Waals surface area contributed by atoms with Gasteiger partial charge in [0.2, 0.25) is 5.91 Å². The topological polar surface area (TPSA) is 85.3 Å². The molecule has 0 unspecified atom stereocenters. The van der Waals surface area contributed by atoms with Crippen LogP contribution in [0.1, 0.15) is 10.4 Å². The van der Waals surface area contributed by atoms with Gasteiger partial charge in [0.25, 0.3) is 5.91 Å². The smallest absolute Gasteiger partial charge is 0.255 e. The molecule has 1 aromatic heterocycles. The van der Waals surface area contributed by atoms with E-state index in [1.807, 2.05) is 24.4 Å². The van der Waals surface area contributed by atoms with Crippen LogP contribution in [-0.4, -0.2) is 35.3 Å². The highest BCUT2D eigenvalue weighted by Crippen LogP contribution is 2.17. The van der Waals surface area contributed by atoms with Crippen LogP contribution in [0.5, 0.6) is 0 Å². The van der Waals surface area contributed by atoms with Crippen molar-refractivity contribution in [1.29, 1.82) is 0 Å². The SMILES string of the molecule is COCC(=O)Nc1cccc(NC(=O)c2ccc(-n3cccn3)cc2)c1. The Morgan fingerprint density at radius 3 is 2.42 bits per heavy atom. The van der Waals surface area contributed by atoms with Crippen LogP contribution in [0.4, 0.5) is 11.4 Å². The first kappa shape index (κ1) is 17.4. The molecule has 132 valence electrons. The third-order valence-corrected chi connectivity index (χ3v) is 3.58. The number of hydrogen-bond donors (Lipinski definition) is 2. The summed E-state index contributed by atoms with van der Waals surface area (Å²) >= 11 is 0. The number of benzene rings is 2. The lowest BCUT2D eigenvalue weighted by Gasteiger charge is -2.09. The molecule has 0 aliphatic rings. The second-order valence-corrected chi connectivity index (χ2v) is 5.51. The number of amides is 2. The Morgan fingerprint density at radius 2 is 1.77 bits per heavy atom. The predicted octanol–water partition coefficient (Wildman–Crippen LogP) is 2.71. The molecule has 2 aromatic carbocycles. The van der Waals surface area contributed by atoms with Gasteiger partial charge in [-0.3, -0.25) is 9.59 Å². The van der Waals surface area contributed by atoms with Crippen LogP contribution in [0, 0.1) is 0 Å². The fourth-order valence-electron chi connectivity index (χ4n) is 2.39. The summed E-state index contributed by atoms with van der Waals surface area (Å²) in [6.07, 6.45) is 3.53. The molecule has 2 amide bonds. The number of carbonyl (C=O) groups is 2. The number of aromatic nitrogens is 2. The van der Waals surface area contributed by atoms with Crippen LogP contribution in [0.25, 0.3) is 5.69 Å². The standard InChI is InChI=1S/C19H18N4O3/c1-26-13-18(24)21-15-4-2-5-16(12-15)22-19(25)14-6-8-17(9-7-14)23-11-3-10-20-23/h2-12H,13H2,1H3,(H,21,24)(H,22,25). The maximum atomic E-state index is 12.4. The molecular formula is C19H18N4O3. The predicted molar refractivity (Wildman–Crippen MR) is 98.5 cm³/mol. The number of anilines is 2. The minimum atomic E-state index is -0.259. The Bertz CT molecular complexity index is 889. The van der Waals surface area contributed by atoms with Crippen LogP contribution in [-0.2, 0) is 9.53 Å². The van der Waals surface area contributed by atoms with Crippen molar-refractivity contribution < 1.29 is 14.3 Å². The molecule has 7 nitrogen and oxygen atoms in total. The average molecular weight is 350 g/mol. The number of ether oxygens (including phenoxy) is 1. The number of nitrogens with one attached hydrogen (secondary N) is 2. The van der Waals surface area contributed by atoms with E-state index in [1.54, 1.807) is 47.3 Å². The zero-order chi connectivity index (χ0) is 18.4. The lowest BCUT2D eigenvalue weighted by atomic mass is 10.2. The first-order chi connectivity index (χ1) is 12.7. The summed E-state index contributed by atoms with van der Waals surface area (Å²) < 4.78 is 6.49. The van der Waals surface area contributed by atoms with Crippen molar-refractivity contribution in [2.45, 2.75) is 0 Å². The molecule has 1 heterocycles. The van der Waals surface area contributed by atoms with Gasteiger partial charge in [-0.1, -0.05) is 6.07 Å². The van der Waals surface area contributed by atoms with Gasteiger partial charge in [0.1, 0.15) is 6.61 Å². The summed E-state index contributed by atoms with van der Waals surface area (Å²) in [5.74, 6) is -0.498. The van der Waals surface area contributed by atoms with Crippen LogP contribution >= 0.6 is 0 Å². The number of rotatable bonds is 6. The molecule has 0 spiro atoms. The van der Waals surface area contributed by atoms with Gasteiger partial charge in [0, 0.05) is 36.4 Å². The summed E-state index contributed by atoms with van der Waals surface area (Å²) in [6, 6.07) is 15.9. The first-order valence-corrected chi connectivity index (χ1v) is 7.96. The Balaban J connectivity index is 1.67. The second kappa shape index (κ2) is 8.09. The minimum absolute atomic E-state index is 0.0286. The molecule has 3 rings (SSSR count). The van der Waals surface area contributed by atoms with Crippen LogP contribution in [0.2, 0.25) is 0 Å². The molecule has 3 aromatic rings. The van der Waals surface area contributed by atoms with Crippen molar-refractivity contribution in [3.63, 3.8) is 0 Å². The number of hydrogen-bond acceptors (Lipinski definition) is 4. The van der Waals surface area contributed by atoms with Crippen molar-refractivity contribution in [1.82, 2.24) is 9.78 Å². The van der Waals surface area contributed by atoms with Gasteiger partial charge in [-0.2, -0.15) is 5.10 Å². The van der Waals surface area contributed by atoms with Crippen LogP contribution in [0.3, 0.4) is 0 Å². The highest BCUT2D eigenvalue weighted by Gasteiger charge is 2.08. The summed E-state index contributed by atoms with van der Waals surface area (Å²) in [6.45, 7) is -0.0286. The largest absolute Gasteiger partial charge is 0.375 e. The van der Waals surface area contributed by atoms with Gasteiger partial charge < -0.3 is 15.4 Å². The van der Waals surface area contributed by atoms with E-state index >= 15 is 0 Å². The van der Waals surface area contributed by atoms with E-state index in [1.165, 1.54) is 7.11 Å². The molecule has 0 aliphatic heterocycles. The quantitative estimate of drug-likeness (QED) is 0.716. The number of carbonyl (C=O) groups excluding carboxylic acids is 2. The van der Waals surface area contributed by atoms with E-state index in [4.69, 9.17) is 4.74 Å². The van der Waals surface area contributed by atoms with Gasteiger partial charge in [-0.05, 0) is 48.5 Å². The fourth-order valence-corrected chi connectivity index (χ4v) is 2.39. The van der Waals surface area contributed by atoms with Crippen molar-refractivity contribution in [3.8, 4) is 5.69 Å². The molecule has 0 saturated heterocycles. The van der Waals surface area contributed by atoms with Crippen LogP contribution in [0.15, 0.2) is 67.0 Å². The highest BCUT2D eigenvalue weighted by atomic mass is 16.5. The van der Waals surface area contributed by atoms with E-state index < -0.39 is 0 Å². The Labute approximate surface area is 150 Å². The zero-order valence-corrected chi connectivity index (χ0v) is 14.2. The molecule has 0 fully saturated rings. The zero-order valence-electron chi connectivity index (χ0n) is 14.2. The highest BCUT2D eigenvalue weighted by molar-refractivity contribution is 6.04. The van der Waals surface area contributed by atoms with E-state index in [-0.39, 0.29) is 18.4 Å². The lowest BCUT2D eigenvalue weighted by molar-refractivity contribution is -0.119. The van der Waals surface area contributed by atoms with Gasteiger partial charge in [0.05, 0.1) is 5.69 Å². The minimum Gasteiger partial charge on any atom is -0.375 e. The maximum absolute atomic E-state index is 12.4. The summed E-state index contributed by atoms with van der Waals surface area (Å²) in [4.78, 5) is 24.0. The monoisotopic (exact) mass is 350 g/mol. The van der Waals surface area contributed by atoms with E-state index in [0.717, 1.165) is 5.69 Å². The van der Waals surface area contributed by atoms with Gasteiger partial charge >= 0.3 is 0 Å². The normalized spacial score (nSPS) is 10.3. The Kier molecular flexibility index (Phi) is 5.40. The third kappa shape index (κ3) is 4.34. The van der Waals surface area contributed by atoms with E-state index in [2.05, 4.69) is 15.7 Å². The van der Waals surface area contributed by atoms with Gasteiger partial charge in [-0.15, -0.1) is 0 Å². The molecular weight excluding hydrogens is 332 g/mol. The average Bonchev–Trinajstić information content (AvgIpc) is 3.17. The molecule has 7 heteroatoms. The molecule has 0 atom stereocenters. The molecule has 0 radical (unpaired) electrons. The summed E-state index contributed by atoms with van der Waals surface area (Å²) in [7, 11) is 1.45. The van der Waals surface area contributed by atoms with Gasteiger partial charge in [0.15, 0.2) is 0 Å². The second-order valence-electron chi connectivity index (χ2n) is 5.51. The Hall–Kier alpha value is -3.45.